The van der Waals surface area contributed by atoms with Crippen LogP contribution in [0.4, 0.5) is 0 Å². The molecule has 0 atom stereocenters. The minimum absolute atomic E-state index is 0.204. The fourth-order valence-electron chi connectivity index (χ4n) is 2.34. The number of primary amides is 1. The van der Waals surface area contributed by atoms with E-state index in [4.69, 9.17) is 5.73 Å². The Balaban J connectivity index is 2.36. The van der Waals surface area contributed by atoms with Crippen LogP contribution < -0.4 is 10.3 Å². The van der Waals surface area contributed by atoms with Crippen LogP contribution in [0.15, 0.2) is 54.7 Å². The van der Waals surface area contributed by atoms with E-state index in [0.29, 0.717) is 0 Å². The third-order valence-corrected chi connectivity index (χ3v) is 3.11. The number of aromatic nitrogens is 1. The predicted molar refractivity (Wildman–Crippen MR) is 70.8 cm³/mol. The largest absolute Gasteiger partial charge is 0.364 e. The molecule has 0 saturated heterocycles. The maximum absolute atomic E-state index is 11.1. The molecular formula is C15H13N2O+. The van der Waals surface area contributed by atoms with Gasteiger partial charge in [-0.15, -0.1) is 0 Å². The van der Waals surface area contributed by atoms with E-state index in [1.165, 1.54) is 10.8 Å². The van der Waals surface area contributed by atoms with Gasteiger partial charge in [0.1, 0.15) is 0 Å². The van der Waals surface area contributed by atoms with E-state index in [1.54, 1.807) is 0 Å². The molecule has 0 aliphatic heterocycles. The van der Waals surface area contributed by atoms with Gasteiger partial charge in [0.25, 0.3) is 5.91 Å². The lowest BCUT2D eigenvalue weighted by Gasteiger charge is -2.03. The molecule has 1 heterocycles. The number of hydrogen-bond acceptors (Lipinski definition) is 1. The number of nitrogens with zero attached hydrogens (tertiary/aromatic N) is 1. The minimum atomic E-state index is -0.333. The zero-order valence-electron chi connectivity index (χ0n) is 9.84. The maximum Gasteiger partial charge on any atom is 0.283 e. The number of pyridine rings is 1. The van der Waals surface area contributed by atoms with Gasteiger partial charge >= 0.3 is 0 Å². The predicted octanol–water partition coefficient (Wildman–Crippen LogP) is 1.77. The van der Waals surface area contributed by atoms with E-state index in [2.05, 4.69) is 24.3 Å². The van der Waals surface area contributed by atoms with Gasteiger partial charge in [0.15, 0.2) is 6.20 Å². The summed E-state index contributed by atoms with van der Waals surface area (Å²) in [6, 6.07) is 16.3. The third kappa shape index (κ3) is 1.70. The molecule has 1 amide bonds. The third-order valence-electron chi connectivity index (χ3n) is 3.11. The van der Waals surface area contributed by atoms with Crippen molar-refractivity contribution < 1.29 is 9.36 Å². The highest BCUT2D eigenvalue weighted by Gasteiger charge is 2.12. The van der Waals surface area contributed by atoms with Crippen molar-refractivity contribution in [1.29, 1.82) is 0 Å². The molecule has 18 heavy (non-hydrogen) atoms. The summed E-state index contributed by atoms with van der Waals surface area (Å²) < 4.78 is 1.88. The lowest BCUT2D eigenvalue weighted by molar-refractivity contribution is -0.658. The van der Waals surface area contributed by atoms with Crippen LogP contribution in [0.3, 0.4) is 0 Å². The Labute approximate surface area is 104 Å². The summed E-state index contributed by atoms with van der Waals surface area (Å²) in [6.07, 6.45) is 1.88. The van der Waals surface area contributed by atoms with Crippen LogP contribution in [0.5, 0.6) is 0 Å². The molecule has 0 aliphatic rings. The normalized spacial score (nSPS) is 10.9. The SMILES string of the molecule is NC(=O)C[n+]1cccc2c3ccccc3ccc21. The summed E-state index contributed by atoms with van der Waals surface area (Å²) in [5, 5.41) is 3.52. The average Bonchev–Trinajstić information content (AvgIpc) is 2.38. The Kier molecular flexibility index (Phi) is 2.45. The van der Waals surface area contributed by atoms with Gasteiger partial charge in [0.05, 0.1) is 5.39 Å². The summed E-state index contributed by atoms with van der Waals surface area (Å²) in [7, 11) is 0. The minimum Gasteiger partial charge on any atom is -0.364 e. The Morgan fingerprint density at radius 1 is 1.00 bits per heavy atom. The summed E-state index contributed by atoms with van der Waals surface area (Å²) in [4.78, 5) is 11.1. The Hall–Kier alpha value is -2.42. The van der Waals surface area contributed by atoms with Crippen molar-refractivity contribution in [3.05, 3.63) is 54.7 Å². The molecule has 1 aromatic heterocycles. The number of hydrogen-bond donors (Lipinski definition) is 1. The molecule has 2 N–H and O–H groups in total. The molecule has 0 bridgehead atoms. The lowest BCUT2D eigenvalue weighted by Crippen LogP contribution is -2.40. The topological polar surface area (TPSA) is 47.0 Å². The number of rotatable bonds is 2. The first-order valence-corrected chi connectivity index (χ1v) is 5.84. The van der Waals surface area contributed by atoms with Crippen molar-refractivity contribution >= 4 is 27.6 Å². The van der Waals surface area contributed by atoms with E-state index < -0.39 is 0 Å². The number of carbonyl (C=O) groups is 1. The van der Waals surface area contributed by atoms with E-state index in [-0.39, 0.29) is 12.5 Å². The van der Waals surface area contributed by atoms with Gasteiger partial charge in [-0.2, -0.15) is 4.57 Å². The monoisotopic (exact) mass is 237 g/mol. The standard InChI is InChI=1S/C15H12N2O/c16-15(18)10-17-9-3-6-13-12-5-2-1-4-11(12)7-8-14(13)17/h1-9H,10H2,(H-,16,18)/p+1. The maximum atomic E-state index is 11.1. The van der Waals surface area contributed by atoms with Crippen LogP contribution in [-0.2, 0) is 11.3 Å². The number of amides is 1. The van der Waals surface area contributed by atoms with Crippen molar-refractivity contribution in [1.82, 2.24) is 0 Å². The molecule has 0 spiro atoms. The van der Waals surface area contributed by atoms with Crippen LogP contribution in [0, 0.1) is 0 Å². The Bertz CT molecular complexity index is 750. The van der Waals surface area contributed by atoms with Crippen molar-refractivity contribution in [2.75, 3.05) is 0 Å². The molecule has 88 valence electrons. The lowest BCUT2D eigenvalue weighted by atomic mass is 10.1. The van der Waals surface area contributed by atoms with E-state index in [9.17, 15) is 4.79 Å². The Morgan fingerprint density at radius 2 is 1.78 bits per heavy atom. The second-order valence-electron chi connectivity index (χ2n) is 4.32. The van der Waals surface area contributed by atoms with Gasteiger partial charge in [-0.25, -0.2) is 0 Å². The van der Waals surface area contributed by atoms with Crippen molar-refractivity contribution in [2.24, 2.45) is 5.73 Å². The fourth-order valence-corrected chi connectivity index (χ4v) is 2.34. The molecular weight excluding hydrogens is 224 g/mol. The molecule has 3 aromatic rings. The molecule has 0 unspecified atom stereocenters. The summed E-state index contributed by atoms with van der Waals surface area (Å²) in [5.74, 6) is -0.333. The van der Waals surface area contributed by atoms with Gasteiger partial charge in [0.2, 0.25) is 12.1 Å². The average molecular weight is 237 g/mol. The first-order valence-electron chi connectivity index (χ1n) is 5.84. The highest BCUT2D eigenvalue weighted by Crippen LogP contribution is 2.22. The van der Waals surface area contributed by atoms with Crippen LogP contribution in [-0.4, -0.2) is 5.91 Å². The van der Waals surface area contributed by atoms with Gasteiger partial charge in [-0.05, 0) is 22.9 Å². The smallest absolute Gasteiger partial charge is 0.283 e. The zero-order valence-corrected chi connectivity index (χ0v) is 9.84. The molecule has 3 nitrogen and oxygen atoms in total. The van der Waals surface area contributed by atoms with Crippen molar-refractivity contribution in [3.8, 4) is 0 Å². The number of benzene rings is 2. The van der Waals surface area contributed by atoms with Gasteiger partial charge in [0, 0.05) is 12.1 Å². The number of fused-ring (bicyclic) bond motifs is 3. The van der Waals surface area contributed by atoms with Gasteiger partial charge < -0.3 is 5.73 Å². The highest BCUT2D eigenvalue weighted by molar-refractivity contribution is 6.04. The second-order valence-corrected chi connectivity index (χ2v) is 4.32. The first kappa shape index (κ1) is 10.7. The summed E-state index contributed by atoms with van der Waals surface area (Å²) >= 11 is 0. The fraction of sp³-hybridized carbons (Fsp3) is 0.0667. The van der Waals surface area contributed by atoms with Crippen molar-refractivity contribution in [2.45, 2.75) is 6.54 Å². The molecule has 3 rings (SSSR count). The highest BCUT2D eigenvalue weighted by atomic mass is 16.1. The summed E-state index contributed by atoms with van der Waals surface area (Å²) in [5.41, 5.74) is 6.29. The van der Waals surface area contributed by atoms with E-state index in [1.807, 2.05) is 35.0 Å². The summed E-state index contributed by atoms with van der Waals surface area (Å²) in [6.45, 7) is 0.204. The van der Waals surface area contributed by atoms with E-state index >= 15 is 0 Å². The molecule has 0 fully saturated rings. The van der Waals surface area contributed by atoms with Crippen LogP contribution in [0.2, 0.25) is 0 Å². The van der Waals surface area contributed by atoms with Crippen LogP contribution >= 0.6 is 0 Å². The molecule has 2 aromatic carbocycles. The molecule has 0 saturated carbocycles. The number of carbonyl (C=O) groups excluding carboxylic acids is 1. The van der Waals surface area contributed by atoms with Crippen molar-refractivity contribution in [3.63, 3.8) is 0 Å². The first-order chi connectivity index (χ1) is 8.75. The van der Waals surface area contributed by atoms with E-state index in [0.717, 1.165) is 10.9 Å². The van der Waals surface area contributed by atoms with Gasteiger partial charge in [-0.1, -0.05) is 24.3 Å². The quantitative estimate of drug-likeness (QED) is 0.536. The zero-order chi connectivity index (χ0) is 12.5. The Morgan fingerprint density at radius 3 is 2.61 bits per heavy atom. The molecule has 3 heteroatoms. The second kappa shape index (κ2) is 4.11. The molecule has 0 aliphatic carbocycles. The van der Waals surface area contributed by atoms with Crippen LogP contribution in [0.25, 0.3) is 21.7 Å². The molecule has 0 radical (unpaired) electrons. The number of nitrogens with two attached hydrogens (primary N) is 1. The van der Waals surface area contributed by atoms with Crippen LogP contribution in [0.1, 0.15) is 0 Å². The van der Waals surface area contributed by atoms with Gasteiger partial charge in [-0.3, -0.25) is 4.79 Å².